The molecule has 0 aromatic carbocycles. The average molecular weight is 180 g/mol. The Kier molecular flexibility index (Phi) is 5.02. The summed E-state index contributed by atoms with van der Waals surface area (Å²) in [6.45, 7) is 3.41. The first-order chi connectivity index (χ1) is 5.52. The van der Waals surface area contributed by atoms with E-state index in [9.17, 15) is 13.2 Å². The number of halogens is 3. The van der Waals surface area contributed by atoms with Gasteiger partial charge in [0.25, 0.3) is 0 Å². The highest BCUT2D eigenvalue weighted by molar-refractivity contribution is 5.07. The molecule has 0 heterocycles. The molecule has 0 aromatic heterocycles. The van der Waals surface area contributed by atoms with Gasteiger partial charge in [-0.15, -0.1) is 0 Å². The van der Waals surface area contributed by atoms with Gasteiger partial charge in [0.1, 0.15) is 0 Å². The van der Waals surface area contributed by atoms with Crippen LogP contribution in [0.3, 0.4) is 0 Å². The van der Waals surface area contributed by atoms with E-state index in [1.54, 1.807) is 0 Å². The summed E-state index contributed by atoms with van der Waals surface area (Å²) in [7, 11) is 0. The molecule has 0 radical (unpaired) electrons. The van der Waals surface area contributed by atoms with Crippen LogP contribution in [0.5, 0.6) is 0 Å². The van der Waals surface area contributed by atoms with Gasteiger partial charge in [-0.2, -0.15) is 13.2 Å². The van der Waals surface area contributed by atoms with Crippen molar-refractivity contribution in [2.75, 3.05) is 0 Å². The lowest BCUT2D eigenvalue weighted by atomic mass is 10.1. The molecule has 12 heavy (non-hydrogen) atoms. The maximum Gasteiger partial charge on any atom is 0.412 e. The van der Waals surface area contributed by atoms with Gasteiger partial charge in [0.2, 0.25) is 0 Å². The van der Waals surface area contributed by atoms with Crippen LogP contribution in [0.15, 0.2) is 11.6 Å². The Balaban J connectivity index is 3.87. The minimum atomic E-state index is -4.12. The van der Waals surface area contributed by atoms with Crippen LogP contribution >= 0.6 is 0 Å². The van der Waals surface area contributed by atoms with Crippen LogP contribution in [0.2, 0.25) is 0 Å². The first-order valence-corrected chi connectivity index (χ1v) is 4.24. The third-order valence-electron chi connectivity index (χ3n) is 1.76. The van der Waals surface area contributed by atoms with E-state index in [4.69, 9.17) is 0 Å². The van der Waals surface area contributed by atoms with Crippen LogP contribution in [0, 0.1) is 0 Å². The highest BCUT2D eigenvalue weighted by Crippen LogP contribution is 2.29. The Morgan fingerprint density at radius 3 is 2.17 bits per heavy atom. The van der Waals surface area contributed by atoms with Crippen molar-refractivity contribution in [1.29, 1.82) is 0 Å². The fourth-order valence-corrected chi connectivity index (χ4v) is 1.02. The molecule has 72 valence electrons. The third kappa shape index (κ3) is 4.42. The fourth-order valence-electron chi connectivity index (χ4n) is 1.02. The van der Waals surface area contributed by atoms with E-state index >= 15 is 0 Å². The van der Waals surface area contributed by atoms with E-state index in [1.165, 1.54) is 6.92 Å². The molecule has 0 atom stereocenters. The van der Waals surface area contributed by atoms with Gasteiger partial charge in [0, 0.05) is 5.57 Å². The van der Waals surface area contributed by atoms with Gasteiger partial charge < -0.3 is 0 Å². The molecule has 0 unspecified atom stereocenters. The van der Waals surface area contributed by atoms with Crippen LogP contribution in [-0.2, 0) is 0 Å². The van der Waals surface area contributed by atoms with Gasteiger partial charge in [-0.3, -0.25) is 0 Å². The number of hydrogen-bond donors (Lipinski definition) is 0. The summed E-state index contributed by atoms with van der Waals surface area (Å²) in [5.74, 6) is 0. The van der Waals surface area contributed by atoms with Crippen molar-refractivity contribution in [3.05, 3.63) is 11.6 Å². The lowest BCUT2D eigenvalue weighted by molar-refractivity contribution is -0.0942. The quantitative estimate of drug-likeness (QED) is 0.451. The fraction of sp³-hybridized carbons (Fsp3) is 0.778. The molecule has 0 aromatic rings. The van der Waals surface area contributed by atoms with Crippen molar-refractivity contribution in [3.63, 3.8) is 0 Å². The molecule has 0 rings (SSSR count). The maximum atomic E-state index is 12.1. The van der Waals surface area contributed by atoms with E-state index < -0.39 is 11.7 Å². The van der Waals surface area contributed by atoms with Gasteiger partial charge in [-0.1, -0.05) is 25.8 Å². The van der Waals surface area contributed by atoms with Gasteiger partial charge in [0.05, 0.1) is 0 Å². The van der Waals surface area contributed by atoms with Crippen molar-refractivity contribution < 1.29 is 13.2 Å². The first kappa shape index (κ1) is 11.5. The zero-order valence-electron chi connectivity index (χ0n) is 7.54. The number of hydrogen-bond acceptors (Lipinski definition) is 0. The van der Waals surface area contributed by atoms with Crippen molar-refractivity contribution in [3.8, 4) is 0 Å². The van der Waals surface area contributed by atoms with E-state index in [2.05, 4.69) is 0 Å². The summed E-state index contributed by atoms with van der Waals surface area (Å²) >= 11 is 0. The van der Waals surface area contributed by atoms with Crippen LogP contribution in [0.25, 0.3) is 0 Å². The average Bonchev–Trinajstić information content (AvgIpc) is 1.95. The molecule has 0 fully saturated rings. The van der Waals surface area contributed by atoms with Gasteiger partial charge in [-0.05, 0) is 19.8 Å². The zero-order valence-corrected chi connectivity index (χ0v) is 7.54. The molecule has 0 nitrogen and oxygen atoms in total. The molecule has 0 saturated heterocycles. The molecule has 0 saturated carbocycles. The van der Waals surface area contributed by atoms with E-state index in [0.717, 1.165) is 18.9 Å². The molecule has 0 bridgehead atoms. The van der Waals surface area contributed by atoms with Crippen molar-refractivity contribution >= 4 is 0 Å². The first-order valence-electron chi connectivity index (χ1n) is 4.24. The summed E-state index contributed by atoms with van der Waals surface area (Å²) in [4.78, 5) is 0. The largest absolute Gasteiger partial charge is 0.412 e. The molecule has 3 heteroatoms. The molecular weight excluding hydrogens is 165 g/mol. The number of unbranched alkanes of at least 4 members (excludes halogenated alkanes) is 2. The van der Waals surface area contributed by atoms with E-state index in [1.807, 2.05) is 6.92 Å². The number of rotatable bonds is 4. The summed E-state index contributed by atoms with van der Waals surface area (Å²) in [6.07, 6.45) is -0.343. The second-order valence-corrected chi connectivity index (χ2v) is 2.77. The minimum Gasteiger partial charge on any atom is -0.166 e. The highest BCUT2D eigenvalue weighted by atomic mass is 19.4. The Morgan fingerprint density at radius 1 is 1.25 bits per heavy atom. The van der Waals surface area contributed by atoms with Crippen molar-refractivity contribution in [2.45, 2.75) is 45.7 Å². The Labute approximate surface area is 71.5 Å². The summed E-state index contributed by atoms with van der Waals surface area (Å²) in [5.41, 5.74) is -0.393. The lowest BCUT2D eigenvalue weighted by Gasteiger charge is -2.10. The summed E-state index contributed by atoms with van der Waals surface area (Å²) in [6, 6.07) is 0. The van der Waals surface area contributed by atoms with Crippen LogP contribution < -0.4 is 0 Å². The normalized spacial score (nSPS) is 13.6. The van der Waals surface area contributed by atoms with Crippen LogP contribution in [0.1, 0.15) is 39.5 Å². The summed E-state index contributed by atoms with van der Waals surface area (Å²) < 4.78 is 36.2. The molecule has 0 spiro atoms. The van der Waals surface area contributed by atoms with Gasteiger partial charge in [0.15, 0.2) is 0 Å². The number of alkyl halides is 3. The Bertz CT molecular complexity index is 144. The predicted octanol–water partition coefficient (Wildman–Crippen LogP) is 4.08. The third-order valence-corrected chi connectivity index (χ3v) is 1.76. The molecule has 0 aliphatic rings. The lowest BCUT2D eigenvalue weighted by Crippen LogP contribution is -2.11. The molecule has 0 N–H and O–H groups in total. The zero-order chi connectivity index (χ0) is 9.61. The Morgan fingerprint density at radius 2 is 1.83 bits per heavy atom. The Hall–Kier alpha value is -0.470. The predicted molar refractivity (Wildman–Crippen MR) is 44.0 cm³/mol. The SMILES string of the molecule is CC=C(CCCCC)C(F)(F)F. The van der Waals surface area contributed by atoms with E-state index in [-0.39, 0.29) is 6.42 Å². The monoisotopic (exact) mass is 180 g/mol. The van der Waals surface area contributed by atoms with Crippen LogP contribution in [0.4, 0.5) is 13.2 Å². The van der Waals surface area contributed by atoms with Gasteiger partial charge in [-0.25, -0.2) is 0 Å². The second kappa shape index (κ2) is 5.22. The highest BCUT2D eigenvalue weighted by Gasteiger charge is 2.31. The standard InChI is InChI=1S/C9H15F3/c1-3-5-6-7-8(4-2)9(10,11)12/h4H,3,5-7H2,1-2H3. The van der Waals surface area contributed by atoms with Crippen molar-refractivity contribution in [1.82, 2.24) is 0 Å². The number of allylic oxidation sites excluding steroid dienone is 2. The topological polar surface area (TPSA) is 0 Å². The van der Waals surface area contributed by atoms with E-state index in [0.29, 0.717) is 6.42 Å². The smallest absolute Gasteiger partial charge is 0.166 e. The minimum absolute atomic E-state index is 0.161. The maximum absolute atomic E-state index is 12.1. The molecule has 0 aliphatic carbocycles. The van der Waals surface area contributed by atoms with Gasteiger partial charge >= 0.3 is 6.18 Å². The van der Waals surface area contributed by atoms with Crippen molar-refractivity contribution in [2.24, 2.45) is 0 Å². The summed E-state index contributed by atoms with van der Waals surface area (Å²) in [5, 5.41) is 0. The molecule has 0 amide bonds. The van der Waals surface area contributed by atoms with Crippen LogP contribution in [-0.4, -0.2) is 6.18 Å². The molecular formula is C9H15F3. The second-order valence-electron chi connectivity index (χ2n) is 2.77. The molecule has 0 aliphatic heterocycles.